The summed E-state index contributed by atoms with van der Waals surface area (Å²) in [5, 5.41) is 7.72. The third-order valence-electron chi connectivity index (χ3n) is 3.69. The lowest BCUT2D eigenvalue weighted by molar-refractivity contribution is -0.140. The summed E-state index contributed by atoms with van der Waals surface area (Å²) in [7, 11) is 0. The van der Waals surface area contributed by atoms with E-state index in [1.807, 2.05) is 0 Å². The zero-order chi connectivity index (χ0) is 18.5. The first-order valence-corrected chi connectivity index (χ1v) is 8.80. The Balaban J connectivity index is 2.22. The van der Waals surface area contributed by atoms with Gasteiger partial charge in [0, 0.05) is 30.8 Å². The highest BCUT2D eigenvalue weighted by Crippen LogP contribution is 2.54. The van der Waals surface area contributed by atoms with Crippen LogP contribution >= 0.6 is 27.7 Å². The summed E-state index contributed by atoms with van der Waals surface area (Å²) in [6.07, 6.45) is 0. The Morgan fingerprint density at radius 2 is 1.88 bits per heavy atom. The van der Waals surface area contributed by atoms with Gasteiger partial charge in [-0.15, -0.1) is 5.10 Å². The summed E-state index contributed by atoms with van der Waals surface area (Å²) in [6.45, 7) is 3.84. The van der Waals surface area contributed by atoms with Crippen molar-refractivity contribution >= 4 is 62.2 Å². The minimum absolute atomic E-state index is 0.118. The average molecular weight is 425 g/mol. The van der Waals surface area contributed by atoms with Gasteiger partial charge in [-0.25, -0.2) is 4.90 Å². The molecule has 0 fully saturated rings. The lowest BCUT2D eigenvalue weighted by atomic mass is 10.1. The molecule has 1 aromatic carbocycles. The van der Waals surface area contributed by atoms with Crippen molar-refractivity contribution in [2.45, 2.75) is 25.6 Å². The fourth-order valence-corrected chi connectivity index (χ4v) is 4.49. The molecule has 0 aromatic heterocycles. The summed E-state index contributed by atoms with van der Waals surface area (Å²) in [5.74, 6) is -1.94. The number of nitrogens with zero attached hydrogens (tertiary/aromatic N) is 3. The van der Waals surface area contributed by atoms with E-state index in [1.54, 1.807) is 18.2 Å². The first kappa shape index (κ1) is 17.6. The number of hydrogen-bond acceptors (Lipinski definition) is 6. The van der Waals surface area contributed by atoms with Crippen LogP contribution in [0.5, 0.6) is 0 Å². The molecule has 0 bridgehead atoms. The number of benzene rings is 1. The fraction of sp³-hybridized carbons (Fsp3) is 0.267. The van der Waals surface area contributed by atoms with Gasteiger partial charge in [0.1, 0.15) is 0 Å². The van der Waals surface area contributed by atoms with Gasteiger partial charge in [-0.1, -0.05) is 15.9 Å². The molecule has 1 aromatic rings. The number of carbonyl (C=O) groups is 4. The molecule has 1 unspecified atom stereocenters. The second kappa shape index (κ2) is 5.95. The summed E-state index contributed by atoms with van der Waals surface area (Å²) in [4.78, 5) is 48.2. The van der Waals surface area contributed by atoms with Crippen LogP contribution in [0.25, 0.3) is 0 Å². The van der Waals surface area contributed by atoms with E-state index in [4.69, 9.17) is 0 Å². The Morgan fingerprint density at radius 3 is 2.44 bits per heavy atom. The number of thioether (sulfide) groups is 1. The Hall–Kier alpha value is -2.20. The molecule has 0 radical (unpaired) electrons. The molecule has 4 amide bonds. The topological polar surface area (TPSA) is 99.2 Å². The first-order chi connectivity index (χ1) is 11.7. The number of carbonyl (C=O) groups excluding carboxylic acids is 4. The van der Waals surface area contributed by atoms with Crippen LogP contribution in [0.3, 0.4) is 0 Å². The number of nitrogens with one attached hydrogen (secondary N) is 1. The number of hydrazone groups is 1. The van der Waals surface area contributed by atoms with Crippen molar-refractivity contribution < 1.29 is 19.2 Å². The maximum atomic E-state index is 13.2. The van der Waals surface area contributed by atoms with Crippen molar-refractivity contribution in [3.8, 4) is 0 Å². The van der Waals surface area contributed by atoms with Gasteiger partial charge >= 0.3 is 0 Å². The number of fused-ring (bicyclic) bond motifs is 2. The molecule has 1 spiro atoms. The Bertz CT molecular complexity index is 871. The van der Waals surface area contributed by atoms with Crippen molar-refractivity contribution in [3.63, 3.8) is 0 Å². The van der Waals surface area contributed by atoms with Crippen molar-refractivity contribution in [3.05, 3.63) is 28.2 Å². The molecule has 8 nitrogen and oxygen atoms in total. The smallest absolute Gasteiger partial charge is 0.277 e. The Kier molecular flexibility index (Phi) is 4.20. The van der Waals surface area contributed by atoms with Crippen molar-refractivity contribution in [2.24, 2.45) is 5.10 Å². The molecule has 130 valence electrons. The molecule has 0 saturated carbocycles. The van der Waals surface area contributed by atoms with Gasteiger partial charge in [0.25, 0.3) is 5.91 Å². The van der Waals surface area contributed by atoms with Crippen molar-refractivity contribution in [1.82, 2.24) is 10.3 Å². The lowest BCUT2D eigenvalue weighted by Crippen LogP contribution is -2.49. The van der Waals surface area contributed by atoms with Gasteiger partial charge in [0.2, 0.25) is 22.6 Å². The Morgan fingerprint density at radius 1 is 1.20 bits per heavy atom. The summed E-state index contributed by atoms with van der Waals surface area (Å²) in [5.41, 5.74) is 0.838. The van der Waals surface area contributed by atoms with Crippen LogP contribution in [0.1, 0.15) is 26.3 Å². The standard InChI is InChI=1S/C15H13BrN4O4S/c1-7(21)17-14-18-20(9(3)23)15(25-14)11-6-10(16)4-5-12(11)19(8(2)22)13(15)24/h4-6H,1-3H3,(H,17,18,21). The van der Waals surface area contributed by atoms with Crippen LogP contribution in [0.2, 0.25) is 0 Å². The van der Waals surface area contributed by atoms with E-state index < -0.39 is 22.6 Å². The average Bonchev–Trinajstić information content (AvgIpc) is 2.98. The number of anilines is 1. The summed E-state index contributed by atoms with van der Waals surface area (Å²) in [6, 6.07) is 5.00. The normalized spacial score (nSPS) is 21.4. The molecule has 0 saturated heterocycles. The van der Waals surface area contributed by atoms with Gasteiger partial charge in [-0.3, -0.25) is 19.2 Å². The number of imide groups is 1. The highest BCUT2D eigenvalue weighted by Gasteiger charge is 2.62. The molecule has 1 N–H and O–H groups in total. The fourth-order valence-electron chi connectivity index (χ4n) is 2.82. The summed E-state index contributed by atoms with van der Waals surface area (Å²) >= 11 is 4.27. The molecular weight excluding hydrogens is 412 g/mol. The van der Waals surface area contributed by atoms with Crippen LogP contribution < -0.4 is 10.2 Å². The maximum absolute atomic E-state index is 13.2. The van der Waals surface area contributed by atoms with Crippen molar-refractivity contribution in [1.29, 1.82) is 0 Å². The number of amidine groups is 1. The van der Waals surface area contributed by atoms with Crippen LogP contribution in [-0.4, -0.2) is 33.8 Å². The van der Waals surface area contributed by atoms with Gasteiger partial charge in [0.05, 0.1) is 5.69 Å². The number of rotatable bonds is 0. The predicted molar refractivity (Wildman–Crippen MR) is 95.3 cm³/mol. The molecule has 2 aliphatic heterocycles. The van der Waals surface area contributed by atoms with Crippen LogP contribution in [-0.2, 0) is 24.0 Å². The van der Waals surface area contributed by atoms with E-state index in [9.17, 15) is 19.2 Å². The first-order valence-electron chi connectivity index (χ1n) is 7.19. The van der Waals surface area contributed by atoms with Gasteiger partial charge in [0.15, 0.2) is 5.17 Å². The predicted octanol–water partition coefficient (Wildman–Crippen LogP) is 1.50. The van der Waals surface area contributed by atoms with Crippen LogP contribution in [0.4, 0.5) is 5.69 Å². The second-order valence-corrected chi connectivity index (χ2v) is 7.58. The Labute approximate surface area is 155 Å². The number of hydrogen-bond donors (Lipinski definition) is 1. The third-order valence-corrected chi connectivity index (χ3v) is 5.42. The van der Waals surface area contributed by atoms with Gasteiger partial charge in [-0.05, 0) is 30.0 Å². The molecule has 1 atom stereocenters. The lowest BCUT2D eigenvalue weighted by Gasteiger charge is -2.29. The second-order valence-electron chi connectivity index (χ2n) is 5.48. The van der Waals surface area contributed by atoms with Crippen LogP contribution in [0, 0.1) is 0 Å². The molecule has 3 rings (SSSR count). The summed E-state index contributed by atoms with van der Waals surface area (Å²) < 4.78 is 0.681. The molecule has 10 heteroatoms. The largest absolute Gasteiger partial charge is 0.304 e. The quantitative estimate of drug-likeness (QED) is 0.679. The van der Waals surface area contributed by atoms with Gasteiger partial charge < -0.3 is 5.32 Å². The van der Waals surface area contributed by atoms with E-state index in [1.165, 1.54) is 20.8 Å². The van der Waals surface area contributed by atoms with E-state index in [0.29, 0.717) is 15.7 Å². The highest BCUT2D eigenvalue weighted by molar-refractivity contribution is 9.10. The molecule has 2 aliphatic rings. The highest BCUT2D eigenvalue weighted by atomic mass is 79.9. The zero-order valence-electron chi connectivity index (χ0n) is 13.5. The monoisotopic (exact) mass is 424 g/mol. The minimum atomic E-state index is -1.56. The number of amides is 4. The molecule has 0 aliphatic carbocycles. The molecule has 25 heavy (non-hydrogen) atoms. The van der Waals surface area contributed by atoms with E-state index in [-0.39, 0.29) is 11.1 Å². The third kappa shape index (κ3) is 2.56. The number of halogens is 1. The van der Waals surface area contributed by atoms with E-state index in [0.717, 1.165) is 21.7 Å². The molecule has 2 heterocycles. The van der Waals surface area contributed by atoms with E-state index in [2.05, 4.69) is 26.3 Å². The van der Waals surface area contributed by atoms with Crippen molar-refractivity contribution in [2.75, 3.05) is 4.90 Å². The SMILES string of the molecule is CC(=O)NC1=NN(C(C)=O)C2(S1)C(=O)N(C(C)=O)c1ccc(Br)cc12. The van der Waals surface area contributed by atoms with Crippen LogP contribution in [0.15, 0.2) is 27.8 Å². The molecular formula is C15H13BrN4O4S. The zero-order valence-corrected chi connectivity index (χ0v) is 15.9. The van der Waals surface area contributed by atoms with Gasteiger partial charge in [-0.2, -0.15) is 5.01 Å². The minimum Gasteiger partial charge on any atom is -0.304 e. The van der Waals surface area contributed by atoms with E-state index >= 15 is 0 Å². The maximum Gasteiger partial charge on any atom is 0.277 e.